The molecule has 1 heterocycles. The average molecular weight is 377 g/mol. The zero-order valence-electron chi connectivity index (χ0n) is 13.0. The summed E-state index contributed by atoms with van der Waals surface area (Å²) < 4.78 is 1.07. The highest BCUT2D eigenvalue weighted by Gasteiger charge is 2.36. The van der Waals surface area contributed by atoms with Crippen LogP contribution in [0, 0.1) is 0 Å². The molecule has 0 spiro atoms. The van der Waals surface area contributed by atoms with Crippen molar-refractivity contribution in [2.45, 2.75) is 5.54 Å². The normalized spacial score (nSPS) is 19.6. The van der Waals surface area contributed by atoms with Crippen LogP contribution in [0.25, 0.3) is 5.70 Å². The van der Waals surface area contributed by atoms with Gasteiger partial charge in [0, 0.05) is 4.47 Å². The molecule has 0 amide bonds. The Morgan fingerprint density at radius 3 is 2.08 bits per heavy atom. The van der Waals surface area contributed by atoms with Crippen molar-refractivity contribution in [1.82, 2.24) is 10.9 Å². The van der Waals surface area contributed by atoms with Gasteiger partial charge in [-0.2, -0.15) is 0 Å². The Morgan fingerprint density at radius 2 is 1.38 bits per heavy atom. The van der Waals surface area contributed by atoms with Crippen LogP contribution in [0.5, 0.6) is 0 Å². The number of nitrogens with one attached hydrogen (secondary N) is 2. The first-order valence-electron chi connectivity index (χ1n) is 7.91. The van der Waals surface area contributed by atoms with Gasteiger partial charge in [0.05, 0.1) is 5.70 Å². The van der Waals surface area contributed by atoms with E-state index in [0.717, 1.165) is 15.7 Å². The fraction of sp³-hybridized carbons (Fsp3) is 0.0476. The molecule has 2 nitrogen and oxygen atoms in total. The van der Waals surface area contributed by atoms with Gasteiger partial charge >= 0.3 is 0 Å². The fourth-order valence-corrected chi connectivity index (χ4v) is 3.54. The molecule has 3 heteroatoms. The lowest BCUT2D eigenvalue weighted by Gasteiger charge is -2.29. The van der Waals surface area contributed by atoms with Gasteiger partial charge in [0.25, 0.3) is 0 Å². The Hall–Kier alpha value is -2.36. The van der Waals surface area contributed by atoms with Gasteiger partial charge in [0.15, 0.2) is 0 Å². The summed E-state index contributed by atoms with van der Waals surface area (Å²) in [4.78, 5) is 0. The second-order valence-corrected chi connectivity index (χ2v) is 6.77. The molecule has 3 aromatic rings. The van der Waals surface area contributed by atoms with Crippen molar-refractivity contribution >= 4 is 21.6 Å². The third kappa shape index (κ3) is 2.66. The molecule has 1 aliphatic heterocycles. The Kier molecular flexibility index (Phi) is 3.97. The Labute approximate surface area is 150 Å². The Balaban J connectivity index is 1.89. The maximum absolute atomic E-state index is 3.60. The molecule has 0 fully saturated rings. The summed E-state index contributed by atoms with van der Waals surface area (Å²) in [7, 11) is 0. The smallest absolute Gasteiger partial charge is 0.107 e. The van der Waals surface area contributed by atoms with Crippen LogP contribution in [0.3, 0.4) is 0 Å². The maximum Gasteiger partial charge on any atom is 0.107 e. The van der Waals surface area contributed by atoms with E-state index in [9.17, 15) is 0 Å². The number of hydrogen-bond donors (Lipinski definition) is 2. The van der Waals surface area contributed by atoms with Crippen LogP contribution in [0.2, 0.25) is 0 Å². The summed E-state index contributed by atoms with van der Waals surface area (Å²) in [6.07, 6.45) is 2.26. The highest BCUT2D eigenvalue weighted by Crippen LogP contribution is 2.37. The lowest BCUT2D eigenvalue weighted by atomic mass is 9.83. The molecule has 4 rings (SSSR count). The van der Waals surface area contributed by atoms with Gasteiger partial charge in [0.2, 0.25) is 0 Å². The predicted molar refractivity (Wildman–Crippen MR) is 102 cm³/mol. The summed E-state index contributed by atoms with van der Waals surface area (Å²) in [5.41, 5.74) is 11.1. The molecule has 0 aliphatic carbocycles. The van der Waals surface area contributed by atoms with Crippen molar-refractivity contribution in [1.29, 1.82) is 0 Å². The quantitative estimate of drug-likeness (QED) is 0.683. The van der Waals surface area contributed by atoms with Crippen LogP contribution in [0.15, 0.2) is 95.5 Å². The molecule has 0 aromatic heterocycles. The lowest BCUT2D eigenvalue weighted by Crippen LogP contribution is -2.43. The van der Waals surface area contributed by atoms with Gasteiger partial charge in [-0.05, 0) is 34.9 Å². The van der Waals surface area contributed by atoms with Gasteiger partial charge in [-0.15, -0.1) is 0 Å². The number of hydrogen-bond acceptors (Lipinski definition) is 2. The van der Waals surface area contributed by atoms with E-state index < -0.39 is 5.54 Å². The van der Waals surface area contributed by atoms with E-state index in [-0.39, 0.29) is 0 Å². The number of halogens is 1. The lowest BCUT2D eigenvalue weighted by molar-refractivity contribution is 0.489. The topological polar surface area (TPSA) is 24.1 Å². The van der Waals surface area contributed by atoms with Gasteiger partial charge in [-0.25, -0.2) is 5.43 Å². The second-order valence-electron chi connectivity index (χ2n) is 5.86. The minimum atomic E-state index is -0.407. The average Bonchev–Trinajstić information content (AvgIpc) is 3.10. The van der Waals surface area contributed by atoms with Crippen LogP contribution < -0.4 is 10.9 Å². The van der Waals surface area contributed by atoms with Crippen molar-refractivity contribution in [2.75, 3.05) is 0 Å². The van der Waals surface area contributed by atoms with Crippen LogP contribution in [-0.4, -0.2) is 0 Å². The first-order valence-corrected chi connectivity index (χ1v) is 8.70. The highest BCUT2D eigenvalue weighted by atomic mass is 79.9. The number of rotatable bonds is 3. The maximum atomic E-state index is 3.60. The van der Waals surface area contributed by atoms with Crippen molar-refractivity contribution in [3.8, 4) is 0 Å². The number of hydrazine groups is 1. The molecule has 118 valence electrons. The number of benzene rings is 3. The summed E-state index contributed by atoms with van der Waals surface area (Å²) in [6, 6.07) is 29.3. The molecular formula is C21H17BrN2. The Bertz CT molecular complexity index is 875. The summed E-state index contributed by atoms with van der Waals surface area (Å²) in [5, 5.41) is 0. The monoisotopic (exact) mass is 376 g/mol. The summed E-state index contributed by atoms with van der Waals surface area (Å²) in [5.74, 6) is 0. The third-order valence-electron chi connectivity index (χ3n) is 4.35. The van der Waals surface area contributed by atoms with E-state index in [1.807, 2.05) is 18.2 Å². The standard InChI is InChI=1S/C21H17BrN2/c22-19-13-7-12-18(14-19)21(17-10-5-2-6-11-17)15-20(23-24-21)16-8-3-1-4-9-16/h1-15,23-24H. The zero-order chi connectivity index (χ0) is 16.4. The van der Waals surface area contributed by atoms with Gasteiger partial charge in [0.1, 0.15) is 5.54 Å². The minimum absolute atomic E-state index is 0.407. The van der Waals surface area contributed by atoms with Crippen molar-refractivity contribution in [3.05, 3.63) is 112 Å². The summed E-state index contributed by atoms with van der Waals surface area (Å²) in [6.45, 7) is 0. The molecule has 0 saturated heterocycles. The first-order chi connectivity index (χ1) is 11.8. The Morgan fingerprint density at radius 1 is 0.708 bits per heavy atom. The van der Waals surface area contributed by atoms with E-state index >= 15 is 0 Å². The zero-order valence-corrected chi connectivity index (χ0v) is 14.6. The van der Waals surface area contributed by atoms with Crippen LogP contribution >= 0.6 is 15.9 Å². The molecule has 3 aromatic carbocycles. The minimum Gasteiger partial charge on any atom is -0.320 e. The first kappa shape index (κ1) is 15.2. The third-order valence-corrected chi connectivity index (χ3v) is 4.84. The van der Waals surface area contributed by atoms with Gasteiger partial charge in [-0.3, -0.25) is 0 Å². The molecule has 1 atom stereocenters. The van der Waals surface area contributed by atoms with Crippen molar-refractivity contribution < 1.29 is 0 Å². The van der Waals surface area contributed by atoms with Crippen molar-refractivity contribution in [3.63, 3.8) is 0 Å². The SMILES string of the molecule is Brc1cccc(C2(c3ccccc3)C=C(c3ccccc3)NN2)c1. The molecule has 1 aliphatic rings. The van der Waals surface area contributed by atoms with E-state index in [1.54, 1.807) is 0 Å². The largest absolute Gasteiger partial charge is 0.320 e. The molecule has 1 unspecified atom stereocenters. The van der Waals surface area contributed by atoms with Crippen LogP contribution in [0.4, 0.5) is 0 Å². The molecule has 0 bridgehead atoms. The van der Waals surface area contributed by atoms with E-state index in [0.29, 0.717) is 0 Å². The molecular weight excluding hydrogens is 360 g/mol. The fourth-order valence-electron chi connectivity index (χ4n) is 3.14. The molecule has 2 N–H and O–H groups in total. The highest BCUT2D eigenvalue weighted by molar-refractivity contribution is 9.10. The van der Waals surface area contributed by atoms with E-state index in [2.05, 4.69) is 99.6 Å². The van der Waals surface area contributed by atoms with Crippen LogP contribution in [0.1, 0.15) is 16.7 Å². The predicted octanol–water partition coefficient (Wildman–Crippen LogP) is 4.84. The van der Waals surface area contributed by atoms with Crippen LogP contribution in [-0.2, 0) is 5.54 Å². The second kappa shape index (κ2) is 6.27. The molecule has 24 heavy (non-hydrogen) atoms. The summed E-state index contributed by atoms with van der Waals surface area (Å²) >= 11 is 3.60. The van der Waals surface area contributed by atoms with Gasteiger partial charge < -0.3 is 5.43 Å². The van der Waals surface area contributed by atoms with E-state index in [1.165, 1.54) is 11.1 Å². The molecule has 0 radical (unpaired) electrons. The van der Waals surface area contributed by atoms with Crippen molar-refractivity contribution in [2.24, 2.45) is 0 Å². The van der Waals surface area contributed by atoms with Gasteiger partial charge in [-0.1, -0.05) is 88.7 Å². The molecule has 0 saturated carbocycles. The van der Waals surface area contributed by atoms with E-state index in [4.69, 9.17) is 0 Å².